The molecule has 2 heterocycles. The van der Waals surface area contributed by atoms with Gasteiger partial charge in [-0.3, -0.25) is 14.3 Å². The Bertz CT molecular complexity index is 660. The summed E-state index contributed by atoms with van der Waals surface area (Å²) in [6, 6.07) is -0.780. The summed E-state index contributed by atoms with van der Waals surface area (Å²) >= 11 is 0. The second kappa shape index (κ2) is 5.51. The van der Waals surface area contributed by atoms with Crippen LogP contribution in [0.4, 0.5) is 4.79 Å². The van der Waals surface area contributed by atoms with Gasteiger partial charge < -0.3 is 9.53 Å². The summed E-state index contributed by atoms with van der Waals surface area (Å²) in [6.07, 6.45) is 6.54. The van der Waals surface area contributed by atoms with Crippen LogP contribution in [-0.2, 0) is 9.53 Å². The highest BCUT2D eigenvalue weighted by Crippen LogP contribution is 2.20. The highest BCUT2D eigenvalue weighted by Gasteiger charge is 2.28. The highest BCUT2D eigenvalue weighted by molar-refractivity contribution is 5.74. The van der Waals surface area contributed by atoms with E-state index in [0.29, 0.717) is 17.6 Å². The molecule has 2 rings (SSSR count). The van der Waals surface area contributed by atoms with Gasteiger partial charge in [0.05, 0.1) is 18.1 Å². The molecule has 0 spiro atoms. The number of ether oxygens (including phenoxy) is 1. The molecule has 1 atom stereocenters. The van der Waals surface area contributed by atoms with E-state index >= 15 is 0 Å². The van der Waals surface area contributed by atoms with E-state index in [2.05, 4.69) is 9.97 Å². The van der Waals surface area contributed by atoms with Crippen LogP contribution in [0.2, 0.25) is 0 Å². The molecule has 112 valence electrons. The van der Waals surface area contributed by atoms with Gasteiger partial charge in [-0.25, -0.2) is 9.78 Å². The van der Waals surface area contributed by atoms with Gasteiger partial charge in [-0.05, 0) is 20.8 Å². The lowest BCUT2D eigenvalue weighted by Gasteiger charge is -2.27. The zero-order chi connectivity index (χ0) is 15.6. The minimum Gasteiger partial charge on any atom is -0.444 e. The van der Waals surface area contributed by atoms with Crippen LogP contribution >= 0.6 is 0 Å². The number of carbonyl (C=O) groups excluding carboxylic acids is 2. The number of imidazole rings is 1. The molecule has 0 aromatic carbocycles. The maximum absolute atomic E-state index is 12.1. The van der Waals surface area contributed by atoms with Crippen LogP contribution in [0.5, 0.6) is 0 Å². The molecule has 0 bridgehead atoms. The molecule has 1 unspecified atom stereocenters. The summed E-state index contributed by atoms with van der Waals surface area (Å²) in [6.45, 7) is 5.32. The monoisotopic (exact) mass is 290 g/mol. The summed E-state index contributed by atoms with van der Waals surface area (Å²) in [7, 11) is 1.52. The maximum Gasteiger partial charge on any atom is 0.410 e. The van der Waals surface area contributed by atoms with E-state index < -0.39 is 17.7 Å². The minimum absolute atomic E-state index is 0.566. The first kappa shape index (κ1) is 15.0. The Labute approximate surface area is 122 Å². The van der Waals surface area contributed by atoms with Gasteiger partial charge in [0, 0.05) is 19.4 Å². The Morgan fingerprint density at radius 1 is 1.43 bits per heavy atom. The molecule has 0 saturated carbocycles. The number of likely N-dealkylation sites (N-methyl/N-ethyl adjacent to an activating group) is 1. The van der Waals surface area contributed by atoms with Gasteiger partial charge in [0.25, 0.3) is 0 Å². The molecule has 0 saturated heterocycles. The third kappa shape index (κ3) is 3.18. The second-order valence-electron chi connectivity index (χ2n) is 5.66. The molecule has 0 aliphatic carbocycles. The normalized spacial score (nSPS) is 13.0. The van der Waals surface area contributed by atoms with Crippen molar-refractivity contribution in [3.63, 3.8) is 0 Å². The predicted octanol–water partition coefficient (Wildman–Crippen LogP) is 1.84. The number of aldehydes is 1. The van der Waals surface area contributed by atoms with E-state index in [1.165, 1.54) is 11.9 Å². The Hall–Kier alpha value is -2.44. The number of carbonyl (C=O) groups is 2. The Kier molecular flexibility index (Phi) is 3.93. The third-order valence-corrected chi connectivity index (χ3v) is 2.88. The summed E-state index contributed by atoms with van der Waals surface area (Å²) in [4.78, 5) is 32.9. The molecule has 7 heteroatoms. The average Bonchev–Trinajstić information content (AvgIpc) is 2.82. The van der Waals surface area contributed by atoms with Crippen molar-refractivity contribution in [2.45, 2.75) is 32.4 Å². The van der Waals surface area contributed by atoms with Crippen molar-refractivity contribution < 1.29 is 14.3 Å². The second-order valence-corrected chi connectivity index (χ2v) is 5.66. The minimum atomic E-state index is -0.780. The van der Waals surface area contributed by atoms with Crippen molar-refractivity contribution in [1.29, 1.82) is 0 Å². The molecule has 2 aromatic heterocycles. The maximum atomic E-state index is 12.1. The van der Waals surface area contributed by atoms with Crippen LogP contribution in [0.3, 0.4) is 0 Å². The largest absolute Gasteiger partial charge is 0.444 e. The molecule has 0 radical (unpaired) electrons. The molecule has 2 aromatic rings. The molecule has 7 nitrogen and oxygen atoms in total. The lowest BCUT2D eigenvalue weighted by molar-refractivity contribution is -0.112. The Morgan fingerprint density at radius 3 is 2.76 bits per heavy atom. The molecular formula is C14H18N4O3. The fraction of sp³-hybridized carbons (Fsp3) is 0.429. The molecule has 0 fully saturated rings. The highest BCUT2D eigenvalue weighted by atomic mass is 16.6. The first-order valence-corrected chi connectivity index (χ1v) is 6.51. The van der Waals surface area contributed by atoms with E-state index in [-0.39, 0.29) is 0 Å². The van der Waals surface area contributed by atoms with E-state index in [9.17, 15) is 9.59 Å². The molecule has 0 aliphatic heterocycles. The van der Waals surface area contributed by atoms with Crippen LogP contribution in [0.25, 0.3) is 5.65 Å². The number of aromatic nitrogens is 3. The lowest BCUT2D eigenvalue weighted by Crippen LogP contribution is -2.37. The Morgan fingerprint density at radius 2 is 2.14 bits per heavy atom. The topological polar surface area (TPSA) is 76.8 Å². The molecule has 0 N–H and O–H groups in total. The number of fused-ring (bicyclic) bond motifs is 1. The standard InChI is InChI=1S/C14H18N4O3/c1-14(2,3)21-13(20)17(4)11(9-19)10-7-16-12-8-15-5-6-18(10)12/h5-9,11H,1-4H3. The number of hydrogen-bond donors (Lipinski definition) is 0. The van der Waals surface area contributed by atoms with Crippen molar-refractivity contribution in [3.8, 4) is 0 Å². The summed E-state index contributed by atoms with van der Waals surface area (Å²) < 4.78 is 6.99. The average molecular weight is 290 g/mol. The van der Waals surface area contributed by atoms with Gasteiger partial charge >= 0.3 is 6.09 Å². The molecule has 0 aliphatic rings. The first-order chi connectivity index (χ1) is 9.83. The van der Waals surface area contributed by atoms with Crippen molar-refractivity contribution in [2.75, 3.05) is 7.05 Å². The fourth-order valence-corrected chi connectivity index (χ4v) is 1.89. The Balaban J connectivity index is 2.31. The number of hydrogen-bond acceptors (Lipinski definition) is 5. The van der Waals surface area contributed by atoms with E-state index in [4.69, 9.17) is 4.74 Å². The number of nitrogens with zero attached hydrogens (tertiary/aromatic N) is 4. The predicted molar refractivity (Wildman–Crippen MR) is 75.8 cm³/mol. The van der Waals surface area contributed by atoms with Crippen LogP contribution in [-0.4, -0.2) is 44.3 Å². The van der Waals surface area contributed by atoms with Gasteiger partial charge in [0.2, 0.25) is 0 Å². The SMILES string of the molecule is CN(C(=O)OC(C)(C)C)C(C=O)c1cnc2cnccn12. The van der Waals surface area contributed by atoms with Gasteiger partial charge in [0.15, 0.2) is 5.65 Å². The zero-order valence-corrected chi connectivity index (χ0v) is 12.5. The molecular weight excluding hydrogens is 272 g/mol. The molecule has 21 heavy (non-hydrogen) atoms. The fourth-order valence-electron chi connectivity index (χ4n) is 1.89. The van der Waals surface area contributed by atoms with Gasteiger partial charge in [-0.2, -0.15) is 0 Å². The van der Waals surface area contributed by atoms with Gasteiger partial charge in [-0.15, -0.1) is 0 Å². The third-order valence-electron chi connectivity index (χ3n) is 2.88. The van der Waals surface area contributed by atoms with E-state index in [0.717, 1.165) is 0 Å². The summed E-state index contributed by atoms with van der Waals surface area (Å²) in [5, 5.41) is 0. The number of rotatable bonds is 3. The van der Waals surface area contributed by atoms with Crippen molar-refractivity contribution in [1.82, 2.24) is 19.3 Å². The van der Waals surface area contributed by atoms with Crippen LogP contribution in [0, 0.1) is 0 Å². The van der Waals surface area contributed by atoms with Crippen LogP contribution < -0.4 is 0 Å². The van der Waals surface area contributed by atoms with Gasteiger partial charge in [-0.1, -0.05) is 0 Å². The number of amides is 1. The zero-order valence-electron chi connectivity index (χ0n) is 12.5. The first-order valence-electron chi connectivity index (χ1n) is 6.51. The van der Waals surface area contributed by atoms with Crippen molar-refractivity contribution in [2.24, 2.45) is 0 Å². The van der Waals surface area contributed by atoms with E-state index in [1.807, 2.05) is 0 Å². The van der Waals surface area contributed by atoms with Gasteiger partial charge in [0.1, 0.15) is 17.9 Å². The van der Waals surface area contributed by atoms with Crippen molar-refractivity contribution in [3.05, 3.63) is 30.5 Å². The van der Waals surface area contributed by atoms with E-state index in [1.54, 1.807) is 50.0 Å². The summed E-state index contributed by atoms with van der Waals surface area (Å²) in [5.41, 5.74) is 0.565. The smallest absolute Gasteiger partial charge is 0.410 e. The quantitative estimate of drug-likeness (QED) is 0.806. The summed E-state index contributed by atoms with van der Waals surface area (Å²) in [5.74, 6) is 0. The van der Waals surface area contributed by atoms with Crippen LogP contribution in [0.1, 0.15) is 32.5 Å². The lowest BCUT2D eigenvalue weighted by atomic mass is 10.2. The van der Waals surface area contributed by atoms with Crippen LogP contribution in [0.15, 0.2) is 24.8 Å². The molecule has 1 amide bonds. The van der Waals surface area contributed by atoms with Crippen molar-refractivity contribution >= 4 is 18.0 Å².